The fourth-order valence-corrected chi connectivity index (χ4v) is 2.78. The molecule has 0 bridgehead atoms. The minimum atomic E-state index is 0.332. The maximum Gasteiger partial charge on any atom is 0.0438 e. The topological polar surface area (TPSA) is 32.3 Å². The fraction of sp³-hybridized carbons (Fsp3) is 1.00. The van der Waals surface area contributed by atoms with Crippen molar-refractivity contribution >= 4 is 11.8 Å². The first-order valence-corrected chi connectivity index (χ1v) is 7.31. The van der Waals surface area contributed by atoms with Crippen LogP contribution in [-0.2, 0) is 0 Å². The van der Waals surface area contributed by atoms with E-state index in [2.05, 4.69) is 19.2 Å². The van der Waals surface area contributed by atoms with E-state index in [1.165, 1.54) is 18.6 Å². The summed E-state index contributed by atoms with van der Waals surface area (Å²) in [6.45, 7) is 6.11. The molecule has 2 N–H and O–H groups in total. The largest absolute Gasteiger partial charge is 0.396 e. The summed E-state index contributed by atoms with van der Waals surface area (Å²) in [7, 11) is 0. The molecule has 0 aliphatic heterocycles. The molecule has 15 heavy (non-hydrogen) atoms. The summed E-state index contributed by atoms with van der Waals surface area (Å²) in [5.41, 5.74) is 0. The van der Waals surface area contributed by atoms with E-state index in [1.807, 2.05) is 11.8 Å². The van der Waals surface area contributed by atoms with E-state index in [9.17, 15) is 0 Å². The third kappa shape index (κ3) is 5.23. The highest BCUT2D eigenvalue weighted by Crippen LogP contribution is 2.33. The summed E-state index contributed by atoms with van der Waals surface area (Å²) >= 11 is 1.94. The van der Waals surface area contributed by atoms with Crippen molar-refractivity contribution < 1.29 is 5.11 Å². The second kappa shape index (κ2) is 7.53. The van der Waals surface area contributed by atoms with E-state index in [-0.39, 0.29) is 0 Å². The number of hydrogen-bond acceptors (Lipinski definition) is 3. The van der Waals surface area contributed by atoms with Crippen molar-refractivity contribution in [3.8, 4) is 0 Å². The quantitative estimate of drug-likeness (QED) is 0.628. The average Bonchev–Trinajstić information content (AvgIpc) is 2.12. The Bertz CT molecular complexity index is 158. The molecule has 0 aromatic rings. The molecule has 0 atom stereocenters. The highest BCUT2D eigenvalue weighted by molar-refractivity contribution is 7.99. The Morgan fingerprint density at radius 1 is 1.33 bits per heavy atom. The number of thioether (sulfide) groups is 1. The van der Waals surface area contributed by atoms with Crippen molar-refractivity contribution in [2.24, 2.45) is 11.8 Å². The standard InChI is InChI=1S/C12H25NOS/c1-10(2)11-8-12(9-11)13-4-7-15-6-3-5-14/h10-14H,3-9H2,1-2H3. The van der Waals surface area contributed by atoms with Crippen LogP contribution in [-0.4, -0.2) is 35.8 Å². The number of aliphatic hydroxyl groups is 1. The van der Waals surface area contributed by atoms with Crippen molar-refractivity contribution in [2.75, 3.05) is 24.7 Å². The van der Waals surface area contributed by atoms with Crippen LogP contribution >= 0.6 is 11.8 Å². The van der Waals surface area contributed by atoms with Crippen molar-refractivity contribution in [3.63, 3.8) is 0 Å². The molecule has 1 rings (SSSR count). The van der Waals surface area contributed by atoms with Crippen LogP contribution in [0.2, 0.25) is 0 Å². The van der Waals surface area contributed by atoms with Crippen molar-refractivity contribution in [3.05, 3.63) is 0 Å². The second-order valence-corrected chi connectivity index (χ2v) is 6.04. The second-order valence-electron chi connectivity index (χ2n) is 4.82. The lowest BCUT2D eigenvalue weighted by atomic mass is 9.74. The Morgan fingerprint density at radius 2 is 2.07 bits per heavy atom. The van der Waals surface area contributed by atoms with Crippen LogP contribution in [0.3, 0.4) is 0 Å². The zero-order chi connectivity index (χ0) is 11.1. The third-order valence-corrected chi connectivity index (χ3v) is 4.31. The average molecular weight is 231 g/mol. The summed E-state index contributed by atoms with van der Waals surface area (Å²) in [5.74, 6) is 4.10. The molecule has 0 unspecified atom stereocenters. The maximum absolute atomic E-state index is 8.61. The molecule has 1 fully saturated rings. The van der Waals surface area contributed by atoms with Gasteiger partial charge in [0.1, 0.15) is 0 Å². The minimum absolute atomic E-state index is 0.332. The summed E-state index contributed by atoms with van der Waals surface area (Å²) < 4.78 is 0. The summed E-state index contributed by atoms with van der Waals surface area (Å²) in [6.07, 6.45) is 3.68. The molecule has 2 nitrogen and oxygen atoms in total. The first-order chi connectivity index (χ1) is 7.24. The van der Waals surface area contributed by atoms with E-state index in [0.29, 0.717) is 6.61 Å². The van der Waals surface area contributed by atoms with Crippen LogP contribution in [0, 0.1) is 11.8 Å². The van der Waals surface area contributed by atoms with Gasteiger partial charge in [-0.05, 0) is 36.9 Å². The number of rotatable bonds is 8. The van der Waals surface area contributed by atoms with Crippen molar-refractivity contribution in [1.82, 2.24) is 5.32 Å². The molecule has 1 saturated carbocycles. The summed E-state index contributed by atoms with van der Waals surface area (Å²) in [4.78, 5) is 0. The Morgan fingerprint density at radius 3 is 2.67 bits per heavy atom. The van der Waals surface area contributed by atoms with Gasteiger partial charge in [-0.3, -0.25) is 0 Å². The van der Waals surface area contributed by atoms with Gasteiger partial charge < -0.3 is 10.4 Å². The van der Waals surface area contributed by atoms with E-state index < -0.39 is 0 Å². The summed E-state index contributed by atoms with van der Waals surface area (Å²) in [5, 5.41) is 12.2. The van der Waals surface area contributed by atoms with Crippen LogP contribution in [0.1, 0.15) is 33.1 Å². The van der Waals surface area contributed by atoms with E-state index in [1.54, 1.807) is 0 Å². The van der Waals surface area contributed by atoms with Crippen LogP contribution in [0.5, 0.6) is 0 Å². The van der Waals surface area contributed by atoms with Crippen molar-refractivity contribution in [2.45, 2.75) is 39.2 Å². The molecule has 0 aromatic carbocycles. The van der Waals surface area contributed by atoms with Crippen LogP contribution in [0.4, 0.5) is 0 Å². The SMILES string of the molecule is CC(C)C1CC(NCCSCCCO)C1. The zero-order valence-corrected chi connectivity index (χ0v) is 10.9. The lowest BCUT2D eigenvalue weighted by molar-refractivity contribution is 0.171. The van der Waals surface area contributed by atoms with E-state index >= 15 is 0 Å². The van der Waals surface area contributed by atoms with E-state index in [4.69, 9.17) is 5.11 Å². The molecule has 3 heteroatoms. The van der Waals surface area contributed by atoms with Gasteiger partial charge in [0, 0.05) is 24.9 Å². The predicted molar refractivity (Wildman–Crippen MR) is 68.4 cm³/mol. The highest BCUT2D eigenvalue weighted by Gasteiger charge is 2.30. The van der Waals surface area contributed by atoms with Gasteiger partial charge in [0.2, 0.25) is 0 Å². The molecule has 90 valence electrons. The van der Waals surface area contributed by atoms with E-state index in [0.717, 1.165) is 36.6 Å². The Labute approximate surface area is 98.2 Å². The molecule has 0 amide bonds. The zero-order valence-electron chi connectivity index (χ0n) is 10.0. The van der Waals surface area contributed by atoms with Crippen LogP contribution < -0.4 is 5.32 Å². The van der Waals surface area contributed by atoms with Gasteiger partial charge in [0.15, 0.2) is 0 Å². The molecule has 1 aliphatic rings. The molecule has 0 radical (unpaired) electrons. The first-order valence-electron chi connectivity index (χ1n) is 6.16. The molecule has 0 aromatic heterocycles. The number of aliphatic hydroxyl groups excluding tert-OH is 1. The lowest BCUT2D eigenvalue weighted by Crippen LogP contribution is -2.43. The maximum atomic E-state index is 8.61. The monoisotopic (exact) mass is 231 g/mol. The normalized spacial score (nSPS) is 25.6. The highest BCUT2D eigenvalue weighted by atomic mass is 32.2. The van der Waals surface area contributed by atoms with Crippen LogP contribution in [0.25, 0.3) is 0 Å². The number of hydrogen-bond donors (Lipinski definition) is 2. The predicted octanol–water partition coefficient (Wildman–Crippen LogP) is 2.13. The van der Waals surface area contributed by atoms with Gasteiger partial charge in [0.25, 0.3) is 0 Å². The number of nitrogens with one attached hydrogen (secondary N) is 1. The molecule has 1 aliphatic carbocycles. The van der Waals surface area contributed by atoms with Gasteiger partial charge in [-0.1, -0.05) is 13.8 Å². The first kappa shape index (κ1) is 13.3. The van der Waals surface area contributed by atoms with Gasteiger partial charge in [-0.15, -0.1) is 0 Å². The Hall–Kier alpha value is 0.270. The van der Waals surface area contributed by atoms with Crippen LogP contribution in [0.15, 0.2) is 0 Å². The smallest absolute Gasteiger partial charge is 0.0438 e. The third-order valence-electron chi connectivity index (χ3n) is 3.24. The molecule has 0 heterocycles. The Balaban J connectivity index is 1.82. The van der Waals surface area contributed by atoms with Gasteiger partial charge in [0.05, 0.1) is 0 Å². The molecular formula is C12H25NOS. The van der Waals surface area contributed by atoms with Gasteiger partial charge in [-0.25, -0.2) is 0 Å². The Kier molecular flexibility index (Phi) is 6.69. The molecular weight excluding hydrogens is 206 g/mol. The minimum Gasteiger partial charge on any atom is -0.396 e. The fourth-order valence-electron chi connectivity index (χ4n) is 1.98. The van der Waals surface area contributed by atoms with Gasteiger partial charge >= 0.3 is 0 Å². The van der Waals surface area contributed by atoms with Gasteiger partial charge in [-0.2, -0.15) is 11.8 Å². The lowest BCUT2D eigenvalue weighted by Gasteiger charge is -2.38. The van der Waals surface area contributed by atoms with Crippen molar-refractivity contribution in [1.29, 1.82) is 0 Å². The molecule has 0 saturated heterocycles. The summed E-state index contributed by atoms with van der Waals surface area (Å²) in [6, 6.07) is 0.788. The molecule has 0 spiro atoms.